The number of nitrogens with one attached hydrogen (secondary N) is 2. The number of hydrogen-bond acceptors (Lipinski definition) is 3. The van der Waals surface area contributed by atoms with Gasteiger partial charge in [-0.15, -0.1) is 11.3 Å². The standard InChI is InChI=1S/C19H15ClF2N3O2SSi/c20-14-5-10(12-6-13(29)19(27)24-12)18(28-14)17-8(1-2-15(23)26)9-3-7(21)4-11(22)16(9)25-17/h3-5,12-13,25H,1-2,6H2,(H2,23,26)(H,24,27). The van der Waals surface area contributed by atoms with Crippen LogP contribution in [-0.2, 0) is 16.0 Å². The number of H-pyrrole nitrogens is 1. The van der Waals surface area contributed by atoms with Crippen LogP contribution >= 0.6 is 22.9 Å². The number of aryl methyl sites for hydroxylation is 1. The molecule has 2 unspecified atom stereocenters. The van der Waals surface area contributed by atoms with Crippen LogP contribution in [0, 0.1) is 11.6 Å². The molecule has 0 bridgehead atoms. The lowest BCUT2D eigenvalue weighted by Crippen LogP contribution is -2.19. The van der Waals surface area contributed by atoms with Crippen molar-refractivity contribution < 1.29 is 18.4 Å². The monoisotopic (exact) mass is 450 g/mol. The normalized spacial score (nSPS) is 19.1. The van der Waals surface area contributed by atoms with Gasteiger partial charge >= 0.3 is 0 Å². The van der Waals surface area contributed by atoms with Gasteiger partial charge in [0.05, 0.1) is 26.5 Å². The second kappa shape index (κ2) is 7.55. The summed E-state index contributed by atoms with van der Waals surface area (Å²) < 4.78 is 28.8. The molecule has 0 spiro atoms. The molecule has 2 aromatic heterocycles. The fourth-order valence-corrected chi connectivity index (χ4v) is 5.33. The zero-order chi connectivity index (χ0) is 20.9. The third kappa shape index (κ3) is 3.69. The minimum atomic E-state index is -0.731. The van der Waals surface area contributed by atoms with E-state index in [-0.39, 0.29) is 35.8 Å². The predicted molar refractivity (Wildman–Crippen MR) is 109 cm³/mol. The lowest BCUT2D eigenvalue weighted by atomic mass is 10.00. The van der Waals surface area contributed by atoms with Gasteiger partial charge < -0.3 is 16.0 Å². The Bertz CT molecular complexity index is 1150. The van der Waals surface area contributed by atoms with Crippen molar-refractivity contribution in [1.82, 2.24) is 10.3 Å². The predicted octanol–water partition coefficient (Wildman–Crippen LogP) is 3.76. The van der Waals surface area contributed by atoms with Gasteiger partial charge in [0.1, 0.15) is 11.6 Å². The van der Waals surface area contributed by atoms with E-state index in [1.165, 1.54) is 17.4 Å². The molecule has 4 N–H and O–H groups in total. The van der Waals surface area contributed by atoms with Crippen LogP contribution in [0.3, 0.4) is 0 Å². The highest BCUT2D eigenvalue weighted by molar-refractivity contribution is 7.19. The van der Waals surface area contributed by atoms with E-state index in [2.05, 4.69) is 20.5 Å². The van der Waals surface area contributed by atoms with E-state index in [1.807, 2.05) is 0 Å². The molecule has 1 fully saturated rings. The van der Waals surface area contributed by atoms with Crippen molar-refractivity contribution in [2.45, 2.75) is 30.8 Å². The van der Waals surface area contributed by atoms with Crippen LogP contribution < -0.4 is 11.1 Å². The Morgan fingerprint density at radius 1 is 1.34 bits per heavy atom. The lowest BCUT2D eigenvalue weighted by Gasteiger charge is -2.12. The van der Waals surface area contributed by atoms with E-state index in [4.69, 9.17) is 17.3 Å². The van der Waals surface area contributed by atoms with Crippen molar-refractivity contribution in [3.8, 4) is 10.6 Å². The Hall–Kier alpha value is -2.23. The summed E-state index contributed by atoms with van der Waals surface area (Å²) in [6.45, 7) is 0. The van der Waals surface area contributed by atoms with Gasteiger partial charge in [-0.3, -0.25) is 9.59 Å². The number of primary amides is 1. The molecule has 4 rings (SSSR count). The van der Waals surface area contributed by atoms with Crippen molar-refractivity contribution in [3.05, 3.63) is 45.3 Å². The Balaban J connectivity index is 1.90. The molecule has 29 heavy (non-hydrogen) atoms. The summed E-state index contributed by atoms with van der Waals surface area (Å²) in [5.74, 6) is -2.09. The minimum Gasteiger partial charge on any atom is -0.370 e. The van der Waals surface area contributed by atoms with Crippen LogP contribution in [0.5, 0.6) is 0 Å². The van der Waals surface area contributed by atoms with Crippen LogP contribution in [0.15, 0.2) is 18.2 Å². The van der Waals surface area contributed by atoms with Gasteiger partial charge in [0, 0.05) is 33.7 Å². The number of thiophene rings is 1. The summed E-state index contributed by atoms with van der Waals surface area (Å²) in [5.41, 5.74) is 7.02. The maximum absolute atomic E-state index is 14.4. The minimum absolute atomic E-state index is 0.0237. The zero-order valence-electron chi connectivity index (χ0n) is 14.9. The number of amides is 2. The van der Waals surface area contributed by atoms with Gasteiger partial charge in [0.25, 0.3) is 0 Å². The molecule has 3 heterocycles. The zero-order valence-corrected chi connectivity index (χ0v) is 17.5. The molecule has 2 amide bonds. The first-order chi connectivity index (χ1) is 13.7. The SMILES string of the molecule is NC(=O)CCc1c(-c2sc(Cl)cc2C2CC([Si])C(=O)N2)[nH]c2c(F)cc(F)cc12. The molecule has 1 saturated heterocycles. The highest BCUT2D eigenvalue weighted by atomic mass is 35.5. The average Bonchev–Trinajstić information content (AvgIpc) is 3.29. The molecule has 1 aromatic carbocycles. The third-order valence-electron chi connectivity index (χ3n) is 4.99. The van der Waals surface area contributed by atoms with Gasteiger partial charge in [-0.2, -0.15) is 0 Å². The molecule has 5 nitrogen and oxygen atoms in total. The van der Waals surface area contributed by atoms with Gasteiger partial charge in [-0.1, -0.05) is 11.6 Å². The summed E-state index contributed by atoms with van der Waals surface area (Å²) in [4.78, 5) is 27.0. The number of carbonyl (C=O) groups is 2. The Kier molecular flexibility index (Phi) is 5.22. The third-order valence-corrected chi connectivity index (χ3v) is 6.79. The number of halogens is 3. The topological polar surface area (TPSA) is 88.0 Å². The molecule has 2 atom stereocenters. The van der Waals surface area contributed by atoms with E-state index in [0.717, 1.165) is 11.6 Å². The Morgan fingerprint density at radius 3 is 2.76 bits per heavy atom. The molecule has 3 radical (unpaired) electrons. The van der Waals surface area contributed by atoms with Gasteiger partial charge in [0.15, 0.2) is 0 Å². The second-order valence-electron chi connectivity index (χ2n) is 6.94. The number of carbonyl (C=O) groups excluding carboxylic acids is 2. The molecule has 3 aromatic rings. The maximum Gasteiger partial charge on any atom is 0.220 e. The second-order valence-corrected chi connectivity index (χ2v) is 9.32. The summed E-state index contributed by atoms with van der Waals surface area (Å²) in [6, 6.07) is 3.52. The average molecular weight is 451 g/mol. The number of hydrogen-bond donors (Lipinski definition) is 3. The van der Waals surface area contributed by atoms with Crippen molar-refractivity contribution >= 4 is 55.9 Å². The number of benzene rings is 1. The number of nitrogens with two attached hydrogens (primary N) is 1. The molecule has 0 aliphatic carbocycles. The molecule has 1 aliphatic rings. The van der Waals surface area contributed by atoms with E-state index < -0.39 is 17.5 Å². The lowest BCUT2D eigenvalue weighted by molar-refractivity contribution is -0.119. The van der Waals surface area contributed by atoms with E-state index >= 15 is 0 Å². The number of aromatic nitrogens is 1. The van der Waals surface area contributed by atoms with Crippen LogP contribution in [0.1, 0.15) is 30.0 Å². The summed E-state index contributed by atoms with van der Waals surface area (Å²) in [5, 5.41) is 3.26. The highest BCUT2D eigenvalue weighted by Crippen LogP contribution is 2.45. The van der Waals surface area contributed by atoms with Crippen LogP contribution in [-0.4, -0.2) is 27.0 Å². The molecule has 149 valence electrons. The van der Waals surface area contributed by atoms with Gasteiger partial charge in [-0.05, 0) is 36.1 Å². The first kappa shape index (κ1) is 20.1. The van der Waals surface area contributed by atoms with Crippen LogP contribution in [0.4, 0.5) is 8.78 Å². The molecule has 1 aliphatic heterocycles. The number of fused-ring (bicyclic) bond motifs is 1. The fourth-order valence-electron chi connectivity index (χ4n) is 3.68. The van der Waals surface area contributed by atoms with E-state index in [9.17, 15) is 18.4 Å². The quantitative estimate of drug-likeness (QED) is 0.517. The molecule has 0 saturated carbocycles. The van der Waals surface area contributed by atoms with Crippen LogP contribution in [0.2, 0.25) is 9.88 Å². The van der Waals surface area contributed by atoms with Crippen molar-refractivity contribution in [2.75, 3.05) is 0 Å². The largest absolute Gasteiger partial charge is 0.370 e. The van der Waals surface area contributed by atoms with Crippen molar-refractivity contribution in [2.24, 2.45) is 5.73 Å². The first-order valence-electron chi connectivity index (χ1n) is 8.83. The van der Waals surface area contributed by atoms with E-state index in [1.54, 1.807) is 6.07 Å². The highest BCUT2D eigenvalue weighted by Gasteiger charge is 2.33. The van der Waals surface area contributed by atoms with Gasteiger partial charge in [0.2, 0.25) is 11.8 Å². The summed E-state index contributed by atoms with van der Waals surface area (Å²) in [6.07, 6.45) is 0.756. The van der Waals surface area contributed by atoms with Crippen LogP contribution in [0.25, 0.3) is 21.5 Å². The van der Waals surface area contributed by atoms with E-state index in [0.29, 0.717) is 32.3 Å². The number of aromatic amines is 1. The smallest absolute Gasteiger partial charge is 0.220 e. The first-order valence-corrected chi connectivity index (χ1v) is 10.6. The summed E-state index contributed by atoms with van der Waals surface area (Å²) >= 11 is 7.54. The summed E-state index contributed by atoms with van der Waals surface area (Å²) in [7, 11) is 3.39. The fraction of sp³-hybridized carbons (Fsp3) is 0.263. The molecular weight excluding hydrogens is 436 g/mol. The molecule has 10 heteroatoms. The Morgan fingerprint density at radius 2 is 2.10 bits per heavy atom. The maximum atomic E-state index is 14.4. The number of rotatable bonds is 5. The van der Waals surface area contributed by atoms with Crippen molar-refractivity contribution in [1.29, 1.82) is 0 Å². The van der Waals surface area contributed by atoms with Gasteiger partial charge in [-0.25, -0.2) is 8.78 Å². The Labute approximate surface area is 177 Å². The molecular formula is C19H15ClF2N3O2SSi. The van der Waals surface area contributed by atoms with Crippen molar-refractivity contribution in [3.63, 3.8) is 0 Å².